The Morgan fingerprint density at radius 2 is 2.23 bits per heavy atom. The monoisotopic (exact) mass is 187 g/mol. The molecular formula is C10H21NO2. The van der Waals surface area contributed by atoms with Crippen LogP contribution in [0.3, 0.4) is 0 Å². The average molecular weight is 187 g/mol. The van der Waals surface area contributed by atoms with E-state index in [2.05, 4.69) is 19.0 Å². The molecule has 3 nitrogen and oxygen atoms in total. The topological polar surface area (TPSA) is 41.5 Å². The zero-order chi connectivity index (χ0) is 10.3. The second kappa shape index (κ2) is 6.13. The Kier molecular flexibility index (Phi) is 5.95. The van der Waals surface area contributed by atoms with E-state index < -0.39 is 5.79 Å². The van der Waals surface area contributed by atoms with Crippen LogP contribution in [-0.2, 0) is 4.84 Å². The molecule has 0 amide bonds. The van der Waals surface area contributed by atoms with Crippen LogP contribution < -0.4 is 5.48 Å². The van der Waals surface area contributed by atoms with Crippen molar-refractivity contribution in [1.29, 1.82) is 0 Å². The summed E-state index contributed by atoms with van der Waals surface area (Å²) in [6.45, 7) is 8.99. The Bertz CT molecular complexity index is 140. The van der Waals surface area contributed by atoms with E-state index in [1.807, 2.05) is 0 Å². The summed E-state index contributed by atoms with van der Waals surface area (Å²) in [5.74, 6) is -1.13. The first-order chi connectivity index (χ1) is 5.99. The molecule has 0 rings (SSSR count). The van der Waals surface area contributed by atoms with E-state index in [0.29, 0.717) is 0 Å². The van der Waals surface area contributed by atoms with E-state index in [1.165, 1.54) is 0 Å². The molecule has 0 aliphatic rings. The highest BCUT2D eigenvalue weighted by atomic mass is 16.7. The third-order valence-electron chi connectivity index (χ3n) is 1.61. The predicted octanol–water partition coefficient (Wildman–Crippen LogP) is 1.98. The molecule has 13 heavy (non-hydrogen) atoms. The maximum absolute atomic E-state index is 9.27. The summed E-state index contributed by atoms with van der Waals surface area (Å²) in [6.07, 6.45) is 5.05. The van der Waals surface area contributed by atoms with Crippen LogP contribution in [0.1, 0.15) is 40.0 Å². The maximum atomic E-state index is 9.27. The van der Waals surface area contributed by atoms with Crippen molar-refractivity contribution >= 4 is 0 Å². The van der Waals surface area contributed by atoms with Gasteiger partial charge < -0.3 is 5.11 Å². The van der Waals surface area contributed by atoms with Crippen molar-refractivity contribution in [2.45, 2.75) is 51.9 Å². The molecule has 0 aliphatic heterocycles. The highest BCUT2D eigenvalue weighted by molar-refractivity contribution is 4.82. The van der Waals surface area contributed by atoms with E-state index in [9.17, 15) is 5.11 Å². The molecule has 0 radical (unpaired) electrons. The number of unbranched alkanes of at least 4 members (excludes halogenated alkanes) is 1. The van der Waals surface area contributed by atoms with Crippen molar-refractivity contribution in [1.82, 2.24) is 5.48 Å². The van der Waals surface area contributed by atoms with Gasteiger partial charge in [0.05, 0.1) is 6.04 Å². The van der Waals surface area contributed by atoms with Gasteiger partial charge in [0.25, 0.3) is 0 Å². The number of rotatable bonds is 7. The van der Waals surface area contributed by atoms with Gasteiger partial charge in [0, 0.05) is 0 Å². The van der Waals surface area contributed by atoms with E-state index in [1.54, 1.807) is 19.9 Å². The Balaban J connectivity index is 3.65. The molecule has 0 bridgehead atoms. The Morgan fingerprint density at radius 1 is 1.62 bits per heavy atom. The first-order valence-corrected chi connectivity index (χ1v) is 4.78. The van der Waals surface area contributed by atoms with Crippen LogP contribution in [0.15, 0.2) is 12.7 Å². The molecule has 2 N–H and O–H groups in total. The summed E-state index contributed by atoms with van der Waals surface area (Å²) in [5, 5.41) is 9.27. The zero-order valence-corrected chi connectivity index (χ0v) is 8.84. The largest absolute Gasteiger partial charge is 0.365 e. The van der Waals surface area contributed by atoms with Crippen molar-refractivity contribution < 1.29 is 9.94 Å². The number of hydrogen-bond donors (Lipinski definition) is 2. The second-order valence-electron chi connectivity index (χ2n) is 3.65. The lowest BCUT2D eigenvalue weighted by molar-refractivity contribution is -0.220. The van der Waals surface area contributed by atoms with Crippen LogP contribution in [0.25, 0.3) is 0 Å². The molecule has 1 unspecified atom stereocenters. The minimum absolute atomic E-state index is 0.117. The lowest BCUT2D eigenvalue weighted by Crippen LogP contribution is -2.37. The van der Waals surface area contributed by atoms with Gasteiger partial charge in [-0.25, -0.2) is 0 Å². The predicted molar refractivity (Wildman–Crippen MR) is 54.0 cm³/mol. The Morgan fingerprint density at radius 3 is 2.62 bits per heavy atom. The maximum Gasteiger partial charge on any atom is 0.179 e. The summed E-state index contributed by atoms with van der Waals surface area (Å²) >= 11 is 0. The average Bonchev–Trinajstić information content (AvgIpc) is 2.03. The van der Waals surface area contributed by atoms with Crippen LogP contribution >= 0.6 is 0 Å². The van der Waals surface area contributed by atoms with Crippen LogP contribution in [0.5, 0.6) is 0 Å². The molecule has 0 spiro atoms. The normalized spacial score (nSPS) is 14.2. The van der Waals surface area contributed by atoms with Gasteiger partial charge in [-0.05, 0) is 20.3 Å². The van der Waals surface area contributed by atoms with Gasteiger partial charge in [0.15, 0.2) is 5.79 Å². The van der Waals surface area contributed by atoms with Crippen molar-refractivity contribution in [2.75, 3.05) is 0 Å². The fourth-order valence-electron chi connectivity index (χ4n) is 0.869. The van der Waals surface area contributed by atoms with Gasteiger partial charge in [-0.3, -0.25) is 4.84 Å². The molecule has 78 valence electrons. The van der Waals surface area contributed by atoms with E-state index in [0.717, 1.165) is 19.3 Å². The Labute approximate surface area is 80.7 Å². The fraction of sp³-hybridized carbons (Fsp3) is 0.800. The highest BCUT2D eigenvalue weighted by Gasteiger charge is 2.14. The molecule has 0 saturated carbocycles. The molecule has 0 saturated heterocycles. The number of hydrogen-bond acceptors (Lipinski definition) is 3. The molecule has 1 atom stereocenters. The molecule has 0 fully saturated rings. The van der Waals surface area contributed by atoms with Crippen LogP contribution in [0.2, 0.25) is 0 Å². The molecule has 0 aliphatic carbocycles. The van der Waals surface area contributed by atoms with Crippen molar-refractivity contribution in [3.8, 4) is 0 Å². The van der Waals surface area contributed by atoms with Gasteiger partial charge in [-0.15, -0.1) is 6.58 Å². The highest BCUT2D eigenvalue weighted by Crippen LogP contribution is 2.05. The number of nitrogens with one attached hydrogen (secondary N) is 1. The third-order valence-corrected chi connectivity index (χ3v) is 1.61. The SMILES string of the molecule is C=CC(CCCC)NOC(C)(C)O. The van der Waals surface area contributed by atoms with Crippen LogP contribution in [0, 0.1) is 0 Å². The Hall–Kier alpha value is -0.380. The van der Waals surface area contributed by atoms with E-state index >= 15 is 0 Å². The lowest BCUT2D eigenvalue weighted by atomic mass is 10.1. The molecule has 0 aromatic rings. The summed E-state index contributed by atoms with van der Waals surface area (Å²) in [5.41, 5.74) is 2.78. The second-order valence-corrected chi connectivity index (χ2v) is 3.65. The molecule has 0 heterocycles. The van der Waals surface area contributed by atoms with Gasteiger partial charge in [0.2, 0.25) is 0 Å². The van der Waals surface area contributed by atoms with Crippen molar-refractivity contribution in [2.24, 2.45) is 0 Å². The zero-order valence-electron chi connectivity index (χ0n) is 8.84. The number of hydroxylamine groups is 1. The first-order valence-electron chi connectivity index (χ1n) is 4.78. The van der Waals surface area contributed by atoms with Gasteiger partial charge >= 0.3 is 0 Å². The standard InChI is InChI=1S/C10H21NO2/c1-5-7-8-9(6-2)11-13-10(3,4)12/h6,9,11-12H,2,5,7-8H2,1,3-4H3. The van der Waals surface area contributed by atoms with Gasteiger partial charge in [0.1, 0.15) is 0 Å². The lowest BCUT2D eigenvalue weighted by Gasteiger charge is -2.22. The molecule has 0 aromatic heterocycles. The summed E-state index contributed by atoms with van der Waals surface area (Å²) in [4.78, 5) is 5.01. The van der Waals surface area contributed by atoms with Crippen molar-refractivity contribution in [3.05, 3.63) is 12.7 Å². The van der Waals surface area contributed by atoms with Gasteiger partial charge in [-0.2, -0.15) is 5.48 Å². The first kappa shape index (κ1) is 12.6. The van der Waals surface area contributed by atoms with Gasteiger partial charge in [-0.1, -0.05) is 25.8 Å². The fourth-order valence-corrected chi connectivity index (χ4v) is 0.869. The molecule has 0 aromatic carbocycles. The van der Waals surface area contributed by atoms with Crippen LogP contribution in [0.4, 0.5) is 0 Å². The number of aliphatic hydroxyl groups is 1. The molecule has 3 heteroatoms. The summed E-state index contributed by atoms with van der Waals surface area (Å²) < 4.78 is 0. The quantitative estimate of drug-likeness (QED) is 0.364. The van der Waals surface area contributed by atoms with Crippen molar-refractivity contribution in [3.63, 3.8) is 0 Å². The molecular weight excluding hydrogens is 166 g/mol. The van der Waals surface area contributed by atoms with Crippen LogP contribution in [-0.4, -0.2) is 16.9 Å². The smallest absolute Gasteiger partial charge is 0.179 e. The summed E-state index contributed by atoms with van der Waals surface area (Å²) in [6, 6.07) is 0.117. The third kappa shape index (κ3) is 7.96. The van der Waals surface area contributed by atoms with E-state index in [-0.39, 0.29) is 6.04 Å². The minimum atomic E-state index is -1.13. The summed E-state index contributed by atoms with van der Waals surface area (Å²) in [7, 11) is 0. The minimum Gasteiger partial charge on any atom is -0.365 e. The van der Waals surface area contributed by atoms with E-state index in [4.69, 9.17) is 4.84 Å².